The van der Waals surface area contributed by atoms with E-state index in [9.17, 15) is 4.79 Å². The number of amides is 1. The number of carbonyl (C=O) groups is 1. The molecule has 1 aromatic rings. The van der Waals surface area contributed by atoms with Crippen molar-refractivity contribution in [2.24, 2.45) is 5.73 Å². The second-order valence-electron chi connectivity index (χ2n) is 4.99. The molecule has 0 radical (unpaired) electrons. The van der Waals surface area contributed by atoms with Gasteiger partial charge < -0.3 is 11.1 Å². The van der Waals surface area contributed by atoms with Crippen molar-refractivity contribution < 1.29 is 4.79 Å². The zero-order chi connectivity index (χ0) is 12.3. The van der Waals surface area contributed by atoms with Gasteiger partial charge >= 0.3 is 0 Å². The average molecular weight is 232 g/mol. The number of nitrogens with one attached hydrogen (secondary N) is 1. The minimum absolute atomic E-state index is 0.0356. The highest BCUT2D eigenvalue weighted by Gasteiger charge is 2.35. The number of anilines is 1. The molecule has 3 nitrogen and oxygen atoms in total. The molecule has 1 aliphatic carbocycles. The molecule has 0 aromatic heterocycles. The number of hydrogen-bond acceptors (Lipinski definition) is 2. The van der Waals surface area contributed by atoms with Crippen molar-refractivity contribution in [3.05, 3.63) is 29.8 Å². The van der Waals surface area contributed by atoms with Gasteiger partial charge in [-0.3, -0.25) is 4.79 Å². The van der Waals surface area contributed by atoms with Gasteiger partial charge in [0.05, 0.1) is 5.54 Å². The molecule has 1 aromatic carbocycles. The standard InChI is InChI=1S/C14H20N2O/c1-11-7-3-4-8-12(11)16-13(17)14(15)9-5-2-6-10-14/h3-4,7-8H,2,5-6,9-10,15H2,1H3,(H,16,17). The van der Waals surface area contributed by atoms with Gasteiger partial charge in [-0.25, -0.2) is 0 Å². The summed E-state index contributed by atoms with van der Waals surface area (Å²) in [5, 5.41) is 2.96. The van der Waals surface area contributed by atoms with Crippen LogP contribution in [0.25, 0.3) is 0 Å². The molecule has 3 N–H and O–H groups in total. The quantitative estimate of drug-likeness (QED) is 0.823. The van der Waals surface area contributed by atoms with Gasteiger partial charge in [0.15, 0.2) is 0 Å². The van der Waals surface area contributed by atoms with Crippen LogP contribution in [0.2, 0.25) is 0 Å². The lowest BCUT2D eigenvalue weighted by atomic mass is 9.82. The van der Waals surface area contributed by atoms with E-state index >= 15 is 0 Å². The summed E-state index contributed by atoms with van der Waals surface area (Å²) < 4.78 is 0. The van der Waals surface area contributed by atoms with Gasteiger partial charge in [0.1, 0.15) is 0 Å². The van der Waals surface area contributed by atoms with Gasteiger partial charge in [0, 0.05) is 5.69 Å². The van der Waals surface area contributed by atoms with Crippen molar-refractivity contribution in [3.8, 4) is 0 Å². The van der Waals surface area contributed by atoms with Crippen LogP contribution in [0.15, 0.2) is 24.3 Å². The van der Waals surface area contributed by atoms with Crippen molar-refractivity contribution in [3.63, 3.8) is 0 Å². The van der Waals surface area contributed by atoms with Gasteiger partial charge in [0.25, 0.3) is 0 Å². The van der Waals surface area contributed by atoms with Gasteiger partial charge in [-0.1, -0.05) is 37.5 Å². The van der Waals surface area contributed by atoms with E-state index in [1.807, 2.05) is 31.2 Å². The smallest absolute Gasteiger partial charge is 0.244 e. The molecule has 0 spiro atoms. The van der Waals surface area contributed by atoms with E-state index in [4.69, 9.17) is 5.73 Å². The molecule has 0 saturated heterocycles. The molecule has 0 aliphatic heterocycles. The van der Waals surface area contributed by atoms with E-state index < -0.39 is 5.54 Å². The van der Waals surface area contributed by atoms with Gasteiger partial charge in [-0.05, 0) is 31.4 Å². The number of rotatable bonds is 2. The molecule has 1 saturated carbocycles. The Morgan fingerprint density at radius 1 is 1.24 bits per heavy atom. The first-order valence-corrected chi connectivity index (χ1v) is 6.28. The molecular formula is C14H20N2O. The van der Waals surface area contributed by atoms with Crippen molar-refractivity contribution in [1.82, 2.24) is 0 Å². The second-order valence-corrected chi connectivity index (χ2v) is 4.99. The average Bonchev–Trinajstić information content (AvgIpc) is 2.33. The Morgan fingerprint density at radius 2 is 1.88 bits per heavy atom. The maximum atomic E-state index is 12.2. The summed E-state index contributed by atoms with van der Waals surface area (Å²) in [4.78, 5) is 12.2. The molecule has 1 aliphatic rings. The van der Waals surface area contributed by atoms with E-state index in [-0.39, 0.29) is 5.91 Å². The molecule has 0 heterocycles. The number of para-hydroxylation sites is 1. The molecule has 0 bridgehead atoms. The van der Waals surface area contributed by atoms with Crippen molar-refractivity contribution in [1.29, 1.82) is 0 Å². The first kappa shape index (κ1) is 12.1. The van der Waals surface area contributed by atoms with E-state index in [1.54, 1.807) is 0 Å². The van der Waals surface area contributed by atoms with Crippen LogP contribution >= 0.6 is 0 Å². The van der Waals surface area contributed by atoms with Crippen LogP contribution in [-0.4, -0.2) is 11.4 Å². The van der Waals surface area contributed by atoms with Crippen LogP contribution in [0.4, 0.5) is 5.69 Å². The Hall–Kier alpha value is -1.35. The number of carbonyl (C=O) groups excluding carboxylic acids is 1. The van der Waals surface area contributed by atoms with E-state index in [2.05, 4.69) is 5.32 Å². The third-order valence-corrected chi connectivity index (χ3v) is 3.59. The third kappa shape index (κ3) is 2.67. The zero-order valence-electron chi connectivity index (χ0n) is 10.3. The molecule has 0 unspecified atom stereocenters. The highest BCUT2D eigenvalue weighted by atomic mass is 16.2. The first-order chi connectivity index (χ1) is 8.12. The van der Waals surface area contributed by atoms with Crippen LogP contribution in [0.5, 0.6) is 0 Å². The van der Waals surface area contributed by atoms with Gasteiger partial charge in [0.2, 0.25) is 5.91 Å². The summed E-state index contributed by atoms with van der Waals surface area (Å²) in [5.41, 5.74) is 7.46. The SMILES string of the molecule is Cc1ccccc1NC(=O)C1(N)CCCCC1. The summed E-state index contributed by atoms with van der Waals surface area (Å²) in [5.74, 6) is -0.0356. The number of benzene rings is 1. The van der Waals surface area contributed by atoms with E-state index in [0.717, 1.165) is 36.9 Å². The summed E-state index contributed by atoms with van der Waals surface area (Å²) in [6, 6.07) is 7.79. The topological polar surface area (TPSA) is 55.1 Å². The minimum Gasteiger partial charge on any atom is -0.324 e. The third-order valence-electron chi connectivity index (χ3n) is 3.59. The lowest BCUT2D eigenvalue weighted by molar-refractivity contribution is -0.122. The number of nitrogens with two attached hydrogens (primary N) is 1. The Bertz CT molecular complexity index is 408. The normalized spacial score (nSPS) is 18.7. The Balaban J connectivity index is 2.08. The fourth-order valence-electron chi connectivity index (χ4n) is 2.37. The number of aryl methyl sites for hydroxylation is 1. The molecule has 92 valence electrons. The second kappa shape index (κ2) is 4.88. The highest BCUT2D eigenvalue weighted by Crippen LogP contribution is 2.27. The molecule has 3 heteroatoms. The minimum atomic E-state index is -0.666. The van der Waals surface area contributed by atoms with Crippen molar-refractivity contribution in [2.45, 2.75) is 44.6 Å². The predicted molar refractivity (Wildman–Crippen MR) is 69.8 cm³/mol. The maximum Gasteiger partial charge on any atom is 0.244 e. The van der Waals surface area contributed by atoms with Crippen LogP contribution in [-0.2, 0) is 4.79 Å². The summed E-state index contributed by atoms with van der Waals surface area (Å²) in [6.07, 6.45) is 4.89. The molecule has 17 heavy (non-hydrogen) atoms. The Kier molecular flexibility index (Phi) is 3.48. The van der Waals surface area contributed by atoms with Crippen LogP contribution in [0, 0.1) is 6.92 Å². The fraction of sp³-hybridized carbons (Fsp3) is 0.500. The predicted octanol–water partition coefficient (Wildman–Crippen LogP) is 2.60. The molecule has 2 rings (SSSR count). The zero-order valence-corrected chi connectivity index (χ0v) is 10.3. The summed E-state index contributed by atoms with van der Waals surface area (Å²) >= 11 is 0. The van der Waals surface area contributed by atoms with Crippen LogP contribution < -0.4 is 11.1 Å². The highest BCUT2D eigenvalue weighted by molar-refractivity contribution is 5.98. The Morgan fingerprint density at radius 3 is 2.53 bits per heavy atom. The summed E-state index contributed by atoms with van der Waals surface area (Å²) in [6.45, 7) is 1.99. The first-order valence-electron chi connectivity index (χ1n) is 6.28. The van der Waals surface area contributed by atoms with Crippen LogP contribution in [0.3, 0.4) is 0 Å². The lowest BCUT2D eigenvalue weighted by Gasteiger charge is -2.32. The molecule has 1 amide bonds. The van der Waals surface area contributed by atoms with E-state index in [0.29, 0.717) is 0 Å². The van der Waals surface area contributed by atoms with Gasteiger partial charge in [-0.15, -0.1) is 0 Å². The van der Waals surface area contributed by atoms with Crippen molar-refractivity contribution in [2.75, 3.05) is 5.32 Å². The van der Waals surface area contributed by atoms with E-state index in [1.165, 1.54) is 6.42 Å². The molecular weight excluding hydrogens is 212 g/mol. The summed E-state index contributed by atoms with van der Waals surface area (Å²) in [7, 11) is 0. The fourth-order valence-corrected chi connectivity index (χ4v) is 2.37. The number of hydrogen-bond donors (Lipinski definition) is 2. The van der Waals surface area contributed by atoms with Crippen molar-refractivity contribution >= 4 is 11.6 Å². The Labute approximate surface area is 102 Å². The van der Waals surface area contributed by atoms with Crippen LogP contribution in [0.1, 0.15) is 37.7 Å². The lowest BCUT2D eigenvalue weighted by Crippen LogP contribution is -2.52. The molecule has 1 fully saturated rings. The largest absolute Gasteiger partial charge is 0.324 e. The maximum absolute atomic E-state index is 12.2. The molecule has 0 atom stereocenters. The van der Waals surface area contributed by atoms with Gasteiger partial charge in [-0.2, -0.15) is 0 Å². The monoisotopic (exact) mass is 232 g/mol.